The van der Waals surface area contributed by atoms with Gasteiger partial charge in [-0.3, -0.25) is 14.4 Å². The van der Waals surface area contributed by atoms with E-state index in [9.17, 15) is 14.4 Å². The van der Waals surface area contributed by atoms with Crippen LogP contribution in [0.4, 0.5) is 11.4 Å². The number of carbonyl (C=O) groups excluding carboxylic acids is 3. The molecule has 0 saturated carbocycles. The second-order valence-electron chi connectivity index (χ2n) is 10.5. The fourth-order valence-corrected chi connectivity index (χ4v) is 4.98. The van der Waals surface area contributed by atoms with E-state index in [0.29, 0.717) is 17.8 Å². The summed E-state index contributed by atoms with van der Waals surface area (Å²) in [7, 11) is 0. The van der Waals surface area contributed by atoms with Gasteiger partial charge in [0.15, 0.2) is 6.04 Å². The smallest absolute Gasteiger partial charge is 0.256 e. The highest BCUT2D eigenvalue weighted by Crippen LogP contribution is 2.29. The predicted molar refractivity (Wildman–Crippen MR) is 126 cm³/mol. The minimum absolute atomic E-state index is 0.000175. The Bertz CT molecular complexity index is 866. The summed E-state index contributed by atoms with van der Waals surface area (Å²) in [6.45, 7) is 12.4. The number of amides is 3. The number of benzene rings is 1. The van der Waals surface area contributed by atoms with Crippen molar-refractivity contribution in [1.82, 2.24) is 16.0 Å². The van der Waals surface area contributed by atoms with Crippen LogP contribution in [0, 0.1) is 5.92 Å². The third-order valence-electron chi connectivity index (χ3n) is 6.34. The van der Waals surface area contributed by atoms with E-state index < -0.39 is 23.9 Å². The van der Waals surface area contributed by atoms with Crippen LogP contribution in [-0.2, 0) is 14.4 Å². The molecule has 1 aromatic carbocycles. The molecule has 2 aliphatic heterocycles. The monoisotopic (exact) mass is 443 g/mol. The van der Waals surface area contributed by atoms with Gasteiger partial charge in [0.1, 0.15) is 6.04 Å². The van der Waals surface area contributed by atoms with Crippen molar-refractivity contribution < 1.29 is 14.4 Å². The molecular formula is C24H37N5O3. The molecular weight excluding hydrogens is 406 g/mol. The topological polar surface area (TPSA) is 111 Å². The summed E-state index contributed by atoms with van der Waals surface area (Å²) in [5, 5.41) is 15.4. The first-order valence-corrected chi connectivity index (χ1v) is 11.5. The van der Waals surface area contributed by atoms with E-state index in [1.807, 2.05) is 26.0 Å². The van der Waals surface area contributed by atoms with E-state index in [2.05, 4.69) is 54.3 Å². The van der Waals surface area contributed by atoms with Crippen LogP contribution >= 0.6 is 0 Å². The molecule has 0 aliphatic carbocycles. The quantitative estimate of drug-likeness (QED) is 0.434. The van der Waals surface area contributed by atoms with E-state index in [4.69, 9.17) is 0 Å². The van der Waals surface area contributed by atoms with Crippen LogP contribution in [0.25, 0.3) is 0 Å². The third-order valence-corrected chi connectivity index (χ3v) is 6.34. The number of piperidine rings is 1. The van der Waals surface area contributed by atoms with Crippen molar-refractivity contribution in [2.45, 2.75) is 90.0 Å². The van der Waals surface area contributed by atoms with Gasteiger partial charge >= 0.3 is 0 Å². The fourth-order valence-electron chi connectivity index (χ4n) is 4.98. The number of fused-ring (bicyclic) bond motifs is 1. The molecule has 0 aromatic heterocycles. The van der Waals surface area contributed by atoms with Gasteiger partial charge in [0.25, 0.3) is 11.8 Å². The highest BCUT2D eigenvalue weighted by Gasteiger charge is 2.40. The van der Waals surface area contributed by atoms with Crippen LogP contribution < -0.4 is 26.6 Å². The normalized spacial score (nSPS) is 23.7. The Balaban J connectivity index is 1.70. The lowest BCUT2D eigenvalue weighted by molar-refractivity contribution is -0.133. The van der Waals surface area contributed by atoms with Crippen molar-refractivity contribution in [3.63, 3.8) is 0 Å². The second kappa shape index (κ2) is 9.10. The number of hydrogen-bond donors (Lipinski definition) is 5. The summed E-state index contributed by atoms with van der Waals surface area (Å²) in [5.74, 6) is -1.24. The van der Waals surface area contributed by atoms with E-state index in [-0.39, 0.29) is 28.9 Å². The van der Waals surface area contributed by atoms with E-state index in [1.165, 1.54) is 0 Å². The molecule has 5 N–H and O–H groups in total. The van der Waals surface area contributed by atoms with Crippen LogP contribution in [0.15, 0.2) is 24.3 Å². The number of para-hydroxylation sites is 2. The Kier molecular flexibility index (Phi) is 6.83. The molecule has 176 valence electrons. The molecule has 0 spiro atoms. The highest BCUT2D eigenvalue weighted by molar-refractivity contribution is 6.16. The zero-order valence-electron chi connectivity index (χ0n) is 20.0. The average molecular weight is 444 g/mol. The molecule has 0 bridgehead atoms. The zero-order chi connectivity index (χ0) is 23.7. The van der Waals surface area contributed by atoms with Gasteiger partial charge in [-0.25, -0.2) is 0 Å². The van der Waals surface area contributed by atoms with Gasteiger partial charge in [-0.15, -0.1) is 0 Å². The molecule has 3 atom stereocenters. The molecule has 0 unspecified atom stereocenters. The lowest BCUT2D eigenvalue weighted by atomic mass is 9.79. The van der Waals surface area contributed by atoms with Gasteiger partial charge in [-0.2, -0.15) is 0 Å². The Morgan fingerprint density at radius 2 is 1.69 bits per heavy atom. The first-order chi connectivity index (χ1) is 14.9. The van der Waals surface area contributed by atoms with Gasteiger partial charge in [0.05, 0.1) is 11.4 Å². The molecule has 2 heterocycles. The second-order valence-corrected chi connectivity index (χ2v) is 10.5. The Morgan fingerprint density at radius 1 is 1.09 bits per heavy atom. The molecule has 8 nitrogen and oxygen atoms in total. The van der Waals surface area contributed by atoms with Crippen molar-refractivity contribution in [2.24, 2.45) is 5.92 Å². The van der Waals surface area contributed by atoms with E-state index in [1.54, 1.807) is 12.1 Å². The lowest BCUT2D eigenvalue weighted by Gasteiger charge is -2.47. The summed E-state index contributed by atoms with van der Waals surface area (Å²) in [6, 6.07) is 5.39. The molecule has 1 saturated heterocycles. The first-order valence-electron chi connectivity index (χ1n) is 11.5. The number of rotatable bonds is 6. The number of carbonyl (C=O) groups is 3. The van der Waals surface area contributed by atoms with Crippen molar-refractivity contribution >= 4 is 29.1 Å². The summed E-state index contributed by atoms with van der Waals surface area (Å²) in [6.07, 6.45) is 2.31. The van der Waals surface area contributed by atoms with Crippen molar-refractivity contribution in [1.29, 1.82) is 0 Å². The van der Waals surface area contributed by atoms with Gasteiger partial charge in [-0.05, 0) is 58.6 Å². The fraction of sp³-hybridized carbons (Fsp3) is 0.625. The maximum absolute atomic E-state index is 13.3. The van der Waals surface area contributed by atoms with E-state index in [0.717, 1.165) is 12.8 Å². The van der Waals surface area contributed by atoms with Gasteiger partial charge in [-0.1, -0.05) is 32.4 Å². The Hall–Kier alpha value is -2.61. The summed E-state index contributed by atoms with van der Waals surface area (Å²) in [4.78, 5) is 38.8. The molecule has 2 aliphatic rings. The molecule has 32 heavy (non-hydrogen) atoms. The SMILES string of the molecule is CC[C@@H](C)[C@H](NC(=O)[C@H]1Nc2ccccc2NC1=O)C(=O)NC1CC(C)(C)NC(C)(C)C1. The van der Waals surface area contributed by atoms with Crippen LogP contribution in [0.3, 0.4) is 0 Å². The number of anilines is 2. The first kappa shape index (κ1) is 24.0. The Morgan fingerprint density at radius 3 is 2.28 bits per heavy atom. The summed E-state index contributed by atoms with van der Waals surface area (Å²) in [5.41, 5.74) is 1.10. The molecule has 8 heteroatoms. The summed E-state index contributed by atoms with van der Waals surface area (Å²) < 4.78 is 0. The Labute approximate surface area is 190 Å². The van der Waals surface area contributed by atoms with Crippen LogP contribution in [0.1, 0.15) is 60.8 Å². The third kappa shape index (κ3) is 5.59. The standard InChI is InChI=1S/C24H37N5O3/c1-7-14(2)18(20(30)25-15-12-23(3,4)29-24(5,6)13-15)28-22(32)19-21(31)27-17-11-9-8-10-16(17)26-19/h8-11,14-15,18-19,26,29H,7,12-13H2,1-6H3,(H,25,30)(H,27,31)(H,28,32)/t14-,18+,19+/m1/s1. The van der Waals surface area contributed by atoms with Gasteiger partial charge in [0.2, 0.25) is 5.91 Å². The number of hydrogen-bond acceptors (Lipinski definition) is 5. The molecule has 3 amide bonds. The lowest BCUT2D eigenvalue weighted by Crippen LogP contribution is -2.64. The predicted octanol–water partition coefficient (Wildman–Crippen LogP) is 2.38. The van der Waals surface area contributed by atoms with Gasteiger partial charge < -0.3 is 26.6 Å². The maximum Gasteiger partial charge on any atom is 0.256 e. The largest absolute Gasteiger partial charge is 0.364 e. The van der Waals surface area contributed by atoms with Gasteiger partial charge in [0, 0.05) is 17.1 Å². The van der Waals surface area contributed by atoms with Crippen LogP contribution in [0.2, 0.25) is 0 Å². The number of nitrogens with one attached hydrogen (secondary N) is 5. The molecule has 1 aromatic rings. The highest BCUT2D eigenvalue weighted by atomic mass is 16.2. The van der Waals surface area contributed by atoms with Crippen molar-refractivity contribution in [3.05, 3.63) is 24.3 Å². The molecule has 1 fully saturated rings. The average Bonchev–Trinajstić information content (AvgIpc) is 2.68. The van der Waals surface area contributed by atoms with Crippen molar-refractivity contribution in [2.75, 3.05) is 10.6 Å². The molecule has 0 radical (unpaired) electrons. The van der Waals surface area contributed by atoms with Crippen LogP contribution in [0.5, 0.6) is 0 Å². The summed E-state index contributed by atoms with van der Waals surface area (Å²) >= 11 is 0. The minimum Gasteiger partial charge on any atom is -0.364 e. The van der Waals surface area contributed by atoms with Crippen LogP contribution in [-0.4, -0.2) is 46.9 Å². The minimum atomic E-state index is -1.10. The maximum atomic E-state index is 13.3. The molecule has 3 rings (SSSR count). The zero-order valence-corrected chi connectivity index (χ0v) is 20.0. The van der Waals surface area contributed by atoms with Crippen molar-refractivity contribution in [3.8, 4) is 0 Å². The van der Waals surface area contributed by atoms with E-state index >= 15 is 0 Å².